The van der Waals surface area contributed by atoms with Gasteiger partial charge in [-0.1, -0.05) is 12.1 Å². The third kappa shape index (κ3) is 4.21. The molecule has 174 valence electrons. The van der Waals surface area contributed by atoms with Gasteiger partial charge in [-0.15, -0.1) is 11.3 Å². The predicted octanol–water partition coefficient (Wildman–Crippen LogP) is 5.75. The zero-order valence-corrected chi connectivity index (χ0v) is 20.6. The maximum Gasteiger partial charge on any atom is 0.220 e. The van der Waals surface area contributed by atoms with Crippen LogP contribution in [0.4, 0.5) is 0 Å². The molecule has 0 unspecified atom stereocenters. The lowest BCUT2D eigenvalue weighted by atomic mass is 10.0. The summed E-state index contributed by atoms with van der Waals surface area (Å²) in [5.41, 5.74) is 5.08. The van der Waals surface area contributed by atoms with E-state index in [4.69, 9.17) is 9.40 Å². The van der Waals surface area contributed by atoms with E-state index >= 15 is 0 Å². The van der Waals surface area contributed by atoms with Crippen molar-refractivity contribution in [1.82, 2.24) is 25.1 Å². The van der Waals surface area contributed by atoms with Gasteiger partial charge in [0.05, 0.1) is 23.0 Å². The van der Waals surface area contributed by atoms with Crippen LogP contribution in [0, 0.1) is 13.8 Å². The Labute approximate surface area is 201 Å². The highest BCUT2D eigenvalue weighted by Gasteiger charge is 2.16. The number of thiazole rings is 1. The van der Waals surface area contributed by atoms with E-state index in [1.54, 1.807) is 11.3 Å². The molecule has 0 aliphatic carbocycles. The minimum atomic E-state index is -0.0188. The highest BCUT2D eigenvalue weighted by molar-refractivity contribution is 7.21. The predicted molar refractivity (Wildman–Crippen MR) is 135 cm³/mol. The largest absolute Gasteiger partial charge is 0.457 e. The van der Waals surface area contributed by atoms with Gasteiger partial charge in [-0.05, 0) is 69.5 Å². The molecular formula is C26H27N5O2S. The van der Waals surface area contributed by atoms with Gasteiger partial charge >= 0.3 is 0 Å². The van der Waals surface area contributed by atoms with Gasteiger partial charge in [0.25, 0.3) is 0 Å². The molecule has 5 rings (SSSR count). The second kappa shape index (κ2) is 9.02. The molecule has 1 N–H and O–H groups in total. The average molecular weight is 474 g/mol. The third-order valence-corrected chi connectivity index (χ3v) is 7.10. The summed E-state index contributed by atoms with van der Waals surface area (Å²) < 4.78 is 9.00. The van der Waals surface area contributed by atoms with Crippen molar-refractivity contribution in [3.63, 3.8) is 0 Å². The van der Waals surface area contributed by atoms with Crippen molar-refractivity contribution in [2.45, 2.75) is 53.1 Å². The summed E-state index contributed by atoms with van der Waals surface area (Å²) in [5, 5.41) is 9.35. The number of hydrogen-bond acceptors (Lipinski definition) is 6. The Bertz CT molecular complexity index is 1460. The first-order valence-corrected chi connectivity index (χ1v) is 12.3. The first kappa shape index (κ1) is 22.3. The molecule has 0 atom stereocenters. The van der Waals surface area contributed by atoms with Crippen LogP contribution in [0.25, 0.3) is 32.0 Å². The summed E-state index contributed by atoms with van der Waals surface area (Å²) in [6.07, 6.45) is 2.90. The van der Waals surface area contributed by atoms with Crippen LogP contribution >= 0.6 is 11.3 Å². The van der Waals surface area contributed by atoms with E-state index in [0.717, 1.165) is 48.8 Å². The number of rotatable bonds is 7. The van der Waals surface area contributed by atoms with Crippen molar-refractivity contribution < 1.29 is 9.21 Å². The maximum absolute atomic E-state index is 12.6. The van der Waals surface area contributed by atoms with E-state index in [2.05, 4.69) is 36.2 Å². The van der Waals surface area contributed by atoms with Crippen LogP contribution in [0.3, 0.4) is 0 Å². The second-order valence-electron chi connectivity index (χ2n) is 8.75. The number of pyridine rings is 1. The van der Waals surface area contributed by atoms with Crippen LogP contribution in [-0.2, 0) is 17.8 Å². The van der Waals surface area contributed by atoms with Crippen LogP contribution in [0.1, 0.15) is 48.9 Å². The molecule has 0 fully saturated rings. The van der Waals surface area contributed by atoms with Crippen LogP contribution in [-0.4, -0.2) is 25.7 Å². The number of amides is 1. The number of hydrogen-bond donors (Lipinski definition) is 1. The molecule has 0 saturated carbocycles. The standard InChI is InChI=1S/C26H27N5O2S/c1-15(2)31-25-20(14-28-31)16(3)19(17(4)29-25)10-12-24(32)27-13-18-9-11-22(33-18)26-30-21-7-5-6-8-23(21)34-26/h5-9,11,14-15H,10,12-13H2,1-4H3,(H,27,32). The lowest BCUT2D eigenvalue weighted by Crippen LogP contribution is -2.23. The Morgan fingerprint density at radius 3 is 2.76 bits per heavy atom. The summed E-state index contributed by atoms with van der Waals surface area (Å²) in [4.78, 5) is 22.0. The summed E-state index contributed by atoms with van der Waals surface area (Å²) in [7, 11) is 0. The van der Waals surface area contributed by atoms with Crippen molar-refractivity contribution in [1.29, 1.82) is 0 Å². The van der Waals surface area contributed by atoms with Crippen molar-refractivity contribution in [3.05, 3.63) is 65.2 Å². The molecule has 1 aromatic carbocycles. The molecule has 5 aromatic rings. The molecule has 0 spiro atoms. The van der Waals surface area contributed by atoms with Crippen molar-refractivity contribution in [2.24, 2.45) is 0 Å². The molecule has 34 heavy (non-hydrogen) atoms. The first-order chi connectivity index (χ1) is 16.4. The SMILES string of the molecule is Cc1nc2c(cnn2C(C)C)c(C)c1CCC(=O)NCc1ccc(-c2nc3ccccc3s2)o1. The lowest BCUT2D eigenvalue weighted by molar-refractivity contribution is -0.121. The molecule has 0 saturated heterocycles. The number of nitrogens with zero attached hydrogens (tertiary/aromatic N) is 4. The zero-order chi connectivity index (χ0) is 23.8. The average Bonchev–Trinajstić information content (AvgIpc) is 3.54. The minimum Gasteiger partial charge on any atom is -0.457 e. The van der Waals surface area contributed by atoms with E-state index in [9.17, 15) is 4.79 Å². The Morgan fingerprint density at radius 2 is 1.97 bits per heavy atom. The molecular weight excluding hydrogens is 446 g/mol. The van der Waals surface area contributed by atoms with Crippen molar-refractivity contribution in [2.75, 3.05) is 0 Å². The molecule has 4 aromatic heterocycles. The molecule has 0 bridgehead atoms. The molecule has 0 aliphatic rings. The molecule has 7 nitrogen and oxygen atoms in total. The topological polar surface area (TPSA) is 85.8 Å². The Kier molecular flexibility index (Phi) is 5.91. The van der Waals surface area contributed by atoms with Gasteiger partial charge in [0, 0.05) is 23.5 Å². The number of aromatic nitrogens is 4. The smallest absolute Gasteiger partial charge is 0.220 e. The first-order valence-electron chi connectivity index (χ1n) is 11.5. The van der Waals surface area contributed by atoms with Gasteiger partial charge in [-0.2, -0.15) is 5.10 Å². The fourth-order valence-corrected chi connectivity index (χ4v) is 5.14. The molecule has 0 radical (unpaired) electrons. The van der Waals surface area contributed by atoms with E-state index in [0.29, 0.717) is 25.1 Å². The van der Waals surface area contributed by atoms with Gasteiger partial charge in [-0.25, -0.2) is 14.6 Å². The van der Waals surface area contributed by atoms with Crippen molar-refractivity contribution >= 4 is 38.5 Å². The number of carbonyl (C=O) groups excluding carboxylic acids is 1. The fraction of sp³-hybridized carbons (Fsp3) is 0.308. The number of benzene rings is 1. The van der Waals surface area contributed by atoms with Crippen molar-refractivity contribution in [3.8, 4) is 10.8 Å². The fourth-order valence-electron chi connectivity index (χ4n) is 4.22. The number of carbonyl (C=O) groups is 1. The molecule has 4 heterocycles. The summed E-state index contributed by atoms with van der Waals surface area (Å²) >= 11 is 1.60. The third-order valence-electron chi connectivity index (χ3n) is 6.05. The number of fused-ring (bicyclic) bond motifs is 2. The van der Waals surface area contributed by atoms with Gasteiger partial charge in [0.1, 0.15) is 5.76 Å². The van der Waals surface area contributed by atoms with Gasteiger partial charge in [0.2, 0.25) is 5.91 Å². The molecule has 1 amide bonds. The summed E-state index contributed by atoms with van der Waals surface area (Å²) in [6, 6.07) is 12.1. The minimum absolute atomic E-state index is 0.0188. The Balaban J connectivity index is 1.21. The highest BCUT2D eigenvalue weighted by atomic mass is 32.1. The Hall–Kier alpha value is -3.52. The lowest BCUT2D eigenvalue weighted by Gasteiger charge is -2.12. The van der Waals surface area contributed by atoms with E-state index < -0.39 is 0 Å². The van der Waals surface area contributed by atoms with Gasteiger partial charge in [-0.3, -0.25) is 4.79 Å². The van der Waals surface area contributed by atoms with Crippen LogP contribution in [0.5, 0.6) is 0 Å². The molecule has 8 heteroatoms. The number of nitrogens with one attached hydrogen (secondary N) is 1. The number of furan rings is 1. The van der Waals surface area contributed by atoms with E-state index in [-0.39, 0.29) is 11.9 Å². The quantitative estimate of drug-likeness (QED) is 0.325. The van der Waals surface area contributed by atoms with Crippen LogP contribution < -0.4 is 5.32 Å². The number of para-hydroxylation sites is 1. The number of aryl methyl sites for hydroxylation is 2. The normalized spacial score (nSPS) is 11.7. The van der Waals surface area contributed by atoms with Crippen LogP contribution in [0.2, 0.25) is 0 Å². The summed E-state index contributed by atoms with van der Waals surface area (Å²) in [5.74, 6) is 1.41. The highest BCUT2D eigenvalue weighted by Crippen LogP contribution is 2.31. The molecule has 0 aliphatic heterocycles. The Morgan fingerprint density at radius 1 is 1.15 bits per heavy atom. The monoisotopic (exact) mass is 473 g/mol. The van der Waals surface area contributed by atoms with Gasteiger partial charge in [0.15, 0.2) is 16.4 Å². The van der Waals surface area contributed by atoms with Gasteiger partial charge < -0.3 is 9.73 Å². The zero-order valence-electron chi connectivity index (χ0n) is 19.8. The maximum atomic E-state index is 12.6. The summed E-state index contributed by atoms with van der Waals surface area (Å²) in [6.45, 7) is 8.63. The van der Waals surface area contributed by atoms with E-state index in [1.165, 1.54) is 0 Å². The van der Waals surface area contributed by atoms with E-state index in [1.807, 2.05) is 54.2 Å². The second-order valence-corrected chi connectivity index (χ2v) is 9.78. The van der Waals surface area contributed by atoms with Crippen LogP contribution in [0.15, 0.2) is 47.0 Å².